The molecule has 1 aromatic carbocycles. The van der Waals surface area contributed by atoms with Crippen LogP contribution >= 0.6 is 0 Å². The molecule has 0 radical (unpaired) electrons. The molecule has 1 unspecified atom stereocenters. The van der Waals surface area contributed by atoms with Crippen molar-refractivity contribution in [2.75, 3.05) is 11.9 Å². The van der Waals surface area contributed by atoms with Gasteiger partial charge < -0.3 is 15.5 Å². The van der Waals surface area contributed by atoms with Crippen molar-refractivity contribution in [2.45, 2.75) is 32.0 Å². The summed E-state index contributed by atoms with van der Waals surface area (Å²) in [6.07, 6.45) is 0.935. The van der Waals surface area contributed by atoms with Crippen LogP contribution in [0.5, 0.6) is 0 Å². The number of anilines is 1. The van der Waals surface area contributed by atoms with E-state index in [9.17, 15) is 14.4 Å². The van der Waals surface area contributed by atoms with E-state index >= 15 is 0 Å². The second kappa shape index (κ2) is 6.62. The van der Waals surface area contributed by atoms with Gasteiger partial charge in [0.25, 0.3) is 5.91 Å². The maximum absolute atomic E-state index is 12.5. The number of hydrogen-bond acceptors (Lipinski definition) is 4. The molecule has 0 bridgehead atoms. The average molecular weight is 353 g/mol. The summed E-state index contributed by atoms with van der Waals surface area (Å²) in [6.45, 7) is 1.43. The number of para-hydroxylation sites is 1. The molecule has 1 saturated heterocycles. The van der Waals surface area contributed by atoms with Gasteiger partial charge in [-0.15, -0.1) is 0 Å². The fraction of sp³-hybridized carbons (Fsp3) is 0.333. The minimum absolute atomic E-state index is 0.0708. The minimum Gasteiger partial charge on any atom is -0.344 e. The predicted octanol–water partition coefficient (Wildman–Crippen LogP) is 0.756. The molecule has 4 rings (SSSR count). The van der Waals surface area contributed by atoms with Gasteiger partial charge in [-0.2, -0.15) is 5.10 Å². The second-order valence-corrected chi connectivity index (χ2v) is 6.48. The predicted molar refractivity (Wildman–Crippen MR) is 93.2 cm³/mol. The van der Waals surface area contributed by atoms with E-state index in [-0.39, 0.29) is 17.7 Å². The van der Waals surface area contributed by atoms with Crippen molar-refractivity contribution in [3.05, 3.63) is 47.8 Å². The van der Waals surface area contributed by atoms with Crippen molar-refractivity contribution in [3.63, 3.8) is 0 Å². The first-order chi connectivity index (χ1) is 12.6. The average Bonchev–Trinajstić information content (AvgIpc) is 3.27. The molecule has 1 aromatic heterocycles. The number of carbonyl (C=O) groups excluding carboxylic acids is 3. The molecule has 8 nitrogen and oxygen atoms in total. The first-order valence-electron chi connectivity index (χ1n) is 8.61. The highest BCUT2D eigenvalue weighted by Crippen LogP contribution is 2.18. The summed E-state index contributed by atoms with van der Waals surface area (Å²) in [5.41, 5.74) is 1.84. The van der Waals surface area contributed by atoms with Crippen LogP contribution in [0.25, 0.3) is 0 Å². The summed E-state index contributed by atoms with van der Waals surface area (Å²) in [5.74, 6) is -0.428. The zero-order chi connectivity index (χ0) is 18.1. The number of hydrogen-bond donors (Lipinski definition) is 2. The van der Waals surface area contributed by atoms with Crippen LogP contribution in [0.3, 0.4) is 0 Å². The molecule has 0 spiro atoms. The zero-order valence-electron chi connectivity index (χ0n) is 14.1. The Balaban J connectivity index is 1.44. The van der Waals surface area contributed by atoms with Gasteiger partial charge in [0.2, 0.25) is 11.8 Å². The summed E-state index contributed by atoms with van der Waals surface area (Å²) in [6, 6.07) is 10.5. The van der Waals surface area contributed by atoms with Crippen LogP contribution in [0.1, 0.15) is 29.0 Å². The van der Waals surface area contributed by atoms with E-state index in [2.05, 4.69) is 15.7 Å². The molecular weight excluding hydrogens is 334 g/mol. The molecule has 1 atom stereocenters. The normalized spacial score (nSPS) is 19.0. The number of fused-ring (bicyclic) bond motifs is 1. The van der Waals surface area contributed by atoms with E-state index in [0.717, 1.165) is 5.69 Å². The van der Waals surface area contributed by atoms with Crippen molar-refractivity contribution < 1.29 is 14.4 Å². The summed E-state index contributed by atoms with van der Waals surface area (Å²) < 4.78 is 1.76. The van der Waals surface area contributed by atoms with E-state index in [1.807, 2.05) is 30.3 Å². The molecule has 2 aliphatic heterocycles. The lowest BCUT2D eigenvalue weighted by Gasteiger charge is -2.29. The van der Waals surface area contributed by atoms with Crippen molar-refractivity contribution >= 4 is 23.4 Å². The lowest BCUT2D eigenvalue weighted by molar-refractivity contribution is -0.135. The molecule has 3 amide bonds. The van der Waals surface area contributed by atoms with Crippen molar-refractivity contribution in [1.29, 1.82) is 0 Å². The van der Waals surface area contributed by atoms with Gasteiger partial charge in [0, 0.05) is 18.7 Å². The Bertz CT molecular complexity index is 861. The van der Waals surface area contributed by atoms with E-state index < -0.39 is 6.04 Å². The van der Waals surface area contributed by atoms with Gasteiger partial charge in [0.1, 0.15) is 6.04 Å². The summed E-state index contributed by atoms with van der Waals surface area (Å²) in [7, 11) is 0. The standard InChI is InChI=1S/C18H19N5O3/c24-16-7-6-14(20-16)18(26)22-8-9-23-13(11-22)10-15(21-23)17(25)19-12-4-2-1-3-5-12/h1-5,10,14H,6-9,11H2,(H,19,25)(H,20,24). The molecule has 0 aliphatic carbocycles. The molecule has 3 heterocycles. The third-order valence-electron chi connectivity index (χ3n) is 4.67. The molecule has 2 aliphatic rings. The van der Waals surface area contributed by atoms with Gasteiger partial charge >= 0.3 is 0 Å². The number of aromatic nitrogens is 2. The van der Waals surface area contributed by atoms with Crippen LogP contribution in [0.4, 0.5) is 5.69 Å². The van der Waals surface area contributed by atoms with Gasteiger partial charge in [0.05, 0.1) is 18.8 Å². The number of nitrogens with zero attached hydrogens (tertiary/aromatic N) is 3. The Kier molecular flexibility index (Phi) is 4.16. The molecule has 134 valence electrons. The van der Waals surface area contributed by atoms with Crippen LogP contribution in [0, 0.1) is 0 Å². The van der Waals surface area contributed by atoms with Gasteiger partial charge in [0.15, 0.2) is 5.69 Å². The number of benzene rings is 1. The molecule has 1 fully saturated rings. The Labute approximate surface area is 150 Å². The van der Waals surface area contributed by atoms with Crippen LogP contribution in [-0.2, 0) is 22.7 Å². The third kappa shape index (κ3) is 3.17. The van der Waals surface area contributed by atoms with Crippen LogP contribution in [0.2, 0.25) is 0 Å². The quantitative estimate of drug-likeness (QED) is 0.851. The van der Waals surface area contributed by atoms with Gasteiger partial charge in [-0.3, -0.25) is 19.1 Å². The molecule has 2 N–H and O–H groups in total. The number of carbonyl (C=O) groups is 3. The Morgan fingerprint density at radius 3 is 2.73 bits per heavy atom. The fourth-order valence-electron chi connectivity index (χ4n) is 3.30. The van der Waals surface area contributed by atoms with E-state index in [4.69, 9.17) is 0 Å². The SMILES string of the molecule is O=C1CCC(C(=O)N2CCn3nc(C(=O)Nc4ccccc4)cc3C2)N1. The Morgan fingerprint density at radius 2 is 2.00 bits per heavy atom. The zero-order valence-corrected chi connectivity index (χ0v) is 14.1. The second-order valence-electron chi connectivity index (χ2n) is 6.48. The highest BCUT2D eigenvalue weighted by atomic mass is 16.2. The number of amides is 3. The van der Waals surface area contributed by atoms with Crippen molar-refractivity contribution in [3.8, 4) is 0 Å². The van der Waals surface area contributed by atoms with Crippen LogP contribution in [0.15, 0.2) is 36.4 Å². The van der Waals surface area contributed by atoms with Gasteiger partial charge in [-0.05, 0) is 24.6 Å². The maximum atomic E-state index is 12.5. The van der Waals surface area contributed by atoms with E-state index in [1.165, 1.54) is 0 Å². The van der Waals surface area contributed by atoms with Gasteiger partial charge in [-0.25, -0.2) is 0 Å². The van der Waals surface area contributed by atoms with Crippen LogP contribution in [-0.4, -0.2) is 45.0 Å². The van der Waals surface area contributed by atoms with Crippen molar-refractivity contribution in [2.24, 2.45) is 0 Å². The monoisotopic (exact) mass is 353 g/mol. The van der Waals surface area contributed by atoms with E-state index in [1.54, 1.807) is 15.6 Å². The fourth-order valence-corrected chi connectivity index (χ4v) is 3.30. The Morgan fingerprint density at radius 1 is 1.19 bits per heavy atom. The maximum Gasteiger partial charge on any atom is 0.276 e. The number of nitrogens with one attached hydrogen (secondary N) is 2. The topological polar surface area (TPSA) is 96.3 Å². The van der Waals surface area contributed by atoms with E-state index in [0.29, 0.717) is 43.9 Å². The smallest absolute Gasteiger partial charge is 0.276 e. The largest absolute Gasteiger partial charge is 0.344 e. The summed E-state index contributed by atoms with van der Waals surface area (Å²) in [5, 5.41) is 9.86. The minimum atomic E-state index is -0.433. The number of rotatable bonds is 3. The summed E-state index contributed by atoms with van der Waals surface area (Å²) in [4.78, 5) is 38.0. The first-order valence-corrected chi connectivity index (χ1v) is 8.61. The lowest BCUT2D eigenvalue weighted by atomic mass is 10.2. The molecule has 26 heavy (non-hydrogen) atoms. The molecule has 2 aromatic rings. The van der Waals surface area contributed by atoms with Crippen molar-refractivity contribution in [1.82, 2.24) is 20.0 Å². The first kappa shape index (κ1) is 16.3. The highest BCUT2D eigenvalue weighted by Gasteiger charge is 2.33. The highest BCUT2D eigenvalue weighted by molar-refractivity contribution is 6.02. The van der Waals surface area contributed by atoms with Gasteiger partial charge in [-0.1, -0.05) is 18.2 Å². The molecular formula is C18H19N5O3. The molecule has 0 saturated carbocycles. The lowest BCUT2D eigenvalue weighted by Crippen LogP contribution is -2.47. The Hall–Kier alpha value is -3.16. The summed E-state index contributed by atoms with van der Waals surface area (Å²) >= 11 is 0. The van der Waals surface area contributed by atoms with Crippen LogP contribution < -0.4 is 10.6 Å². The molecule has 8 heteroatoms. The third-order valence-corrected chi connectivity index (χ3v) is 4.67.